The molecule has 3 atom stereocenters. The van der Waals surface area contributed by atoms with Gasteiger partial charge in [0.25, 0.3) is 0 Å². The van der Waals surface area contributed by atoms with E-state index in [0.29, 0.717) is 12.1 Å². The van der Waals surface area contributed by atoms with Crippen LogP contribution in [0.2, 0.25) is 0 Å². The maximum Gasteiger partial charge on any atom is 0.237 e. The van der Waals surface area contributed by atoms with Crippen molar-refractivity contribution in [2.24, 2.45) is 11.7 Å². The lowest BCUT2D eigenvalue weighted by Gasteiger charge is -2.43. The molecule has 2 rings (SSSR count). The van der Waals surface area contributed by atoms with Crippen LogP contribution in [-0.4, -0.2) is 41.5 Å². The highest BCUT2D eigenvalue weighted by molar-refractivity contribution is 5.85. The Morgan fingerprint density at radius 3 is 2.75 bits per heavy atom. The number of nitrogens with two attached hydrogens (primary N) is 1. The van der Waals surface area contributed by atoms with Crippen molar-refractivity contribution >= 4 is 5.91 Å². The quantitative estimate of drug-likeness (QED) is 0.809. The molecule has 2 aliphatic rings. The van der Waals surface area contributed by atoms with Gasteiger partial charge in [-0.2, -0.15) is 0 Å². The van der Waals surface area contributed by atoms with E-state index < -0.39 is 5.54 Å². The smallest absolute Gasteiger partial charge is 0.237 e. The summed E-state index contributed by atoms with van der Waals surface area (Å²) in [4.78, 5) is 14.6. The summed E-state index contributed by atoms with van der Waals surface area (Å²) in [6.45, 7) is 8.87. The second kappa shape index (κ2) is 6.44. The SMILES string of the molecule is CCC1CCN(C2CCCC(NC(C)C)(C(N)=O)C2)C1. The molecule has 1 amide bonds. The molecule has 1 aliphatic carbocycles. The molecule has 4 nitrogen and oxygen atoms in total. The highest BCUT2D eigenvalue weighted by atomic mass is 16.1. The Bertz CT molecular complexity index is 345. The normalized spacial score (nSPS) is 35.6. The van der Waals surface area contributed by atoms with E-state index in [1.807, 2.05) is 0 Å². The van der Waals surface area contributed by atoms with Crippen LogP contribution in [-0.2, 0) is 4.79 Å². The third-order valence-corrected chi connectivity index (χ3v) is 5.17. The number of hydrogen-bond acceptors (Lipinski definition) is 3. The molecule has 2 fully saturated rings. The van der Waals surface area contributed by atoms with E-state index in [2.05, 4.69) is 31.0 Å². The number of nitrogens with one attached hydrogen (secondary N) is 1. The molecule has 0 bridgehead atoms. The summed E-state index contributed by atoms with van der Waals surface area (Å²) in [5, 5.41) is 3.47. The molecule has 0 radical (unpaired) electrons. The van der Waals surface area contributed by atoms with Crippen LogP contribution >= 0.6 is 0 Å². The second-order valence-corrected chi connectivity index (χ2v) is 7.05. The minimum absolute atomic E-state index is 0.165. The monoisotopic (exact) mass is 281 g/mol. The van der Waals surface area contributed by atoms with E-state index in [-0.39, 0.29) is 5.91 Å². The maximum atomic E-state index is 12.0. The highest BCUT2D eigenvalue weighted by Gasteiger charge is 2.43. The van der Waals surface area contributed by atoms with Gasteiger partial charge in [0.15, 0.2) is 0 Å². The molecule has 3 N–H and O–H groups in total. The summed E-state index contributed by atoms with van der Waals surface area (Å²) in [6.07, 6.45) is 6.67. The Morgan fingerprint density at radius 2 is 2.20 bits per heavy atom. The number of rotatable bonds is 5. The number of likely N-dealkylation sites (tertiary alicyclic amines) is 1. The minimum Gasteiger partial charge on any atom is -0.368 e. The summed E-state index contributed by atoms with van der Waals surface area (Å²) < 4.78 is 0. The van der Waals surface area contributed by atoms with Crippen LogP contribution < -0.4 is 11.1 Å². The van der Waals surface area contributed by atoms with Crippen molar-refractivity contribution < 1.29 is 4.79 Å². The number of nitrogens with zero attached hydrogens (tertiary/aromatic N) is 1. The molecular formula is C16H31N3O. The first-order valence-electron chi connectivity index (χ1n) is 8.28. The topological polar surface area (TPSA) is 58.4 Å². The lowest BCUT2D eigenvalue weighted by Crippen LogP contribution is -2.62. The van der Waals surface area contributed by atoms with Crippen LogP contribution in [0.25, 0.3) is 0 Å². The number of amides is 1. The Hall–Kier alpha value is -0.610. The fourth-order valence-electron chi connectivity index (χ4n) is 4.06. The zero-order valence-electron chi connectivity index (χ0n) is 13.3. The molecule has 1 aliphatic heterocycles. The van der Waals surface area contributed by atoms with Gasteiger partial charge in [-0.05, 0) is 58.4 Å². The van der Waals surface area contributed by atoms with E-state index >= 15 is 0 Å². The lowest BCUT2D eigenvalue weighted by atomic mass is 9.77. The van der Waals surface area contributed by atoms with Crippen LogP contribution in [0, 0.1) is 5.92 Å². The molecular weight excluding hydrogens is 250 g/mol. The van der Waals surface area contributed by atoms with Crippen LogP contribution in [0.1, 0.15) is 59.3 Å². The van der Waals surface area contributed by atoms with Crippen molar-refractivity contribution in [1.82, 2.24) is 10.2 Å². The van der Waals surface area contributed by atoms with Gasteiger partial charge in [-0.25, -0.2) is 0 Å². The molecule has 116 valence electrons. The van der Waals surface area contributed by atoms with E-state index in [4.69, 9.17) is 5.73 Å². The maximum absolute atomic E-state index is 12.0. The van der Waals surface area contributed by atoms with Crippen LogP contribution in [0.5, 0.6) is 0 Å². The predicted molar refractivity (Wildman–Crippen MR) is 82.4 cm³/mol. The van der Waals surface area contributed by atoms with Crippen LogP contribution in [0.3, 0.4) is 0 Å². The average Bonchev–Trinajstić information content (AvgIpc) is 2.86. The molecule has 0 aromatic heterocycles. The van der Waals surface area contributed by atoms with Gasteiger partial charge in [-0.15, -0.1) is 0 Å². The Kier molecular flexibility index (Phi) is 5.08. The number of carbonyl (C=O) groups excluding carboxylic acids is 1. The summed E-state index contributed by atoms with van der Waals surface area (Å²) in [5.74, 6) is 0.681. The van der Waals surface area contributed by atoms with Crippen molar-refractivity contribution in [1.29, 1.82) is 0 Å². The van der Waals surface area contributed by atoms with E-state index in [1.165, 1.54) is 32.4 Å². The Balaban J connectivity index is 2.04. The average molecular weight is 281 g/mol. The molecule has 0 aromatic rings. The van der Waals surface area contributed by atoms with E-state index in [9.17, 15) is 4.79 Å². The molecule has 0 aromatic carbocycles. The van der Waals surface area contributed by atoms with Gasteiger partial charge in [0.2, 0.25) is 5.91 Å². The van der Waals surface area contributed by atoms with Gasteiger partial charge >= 0.3 is 0 Å². The van der Waals surface area contributed by atoms with Gasteiger partial charge in [0.05, 0.1) is 5.54 Å². The van der Waals surface area contributed by atoms with Crippen LogP contribution in [0.4, 0.5) is 0 Å². The molecule has 0 spiro atoms. The van der Waals surface area contributed by atoms with Crippen LogP contribution in [0.15, 0.2) is 0 Å². The summed E-state index contributed by atoms with van der Waals surface area (Å²) >= 11 is 0. The van der Waals surface area contributed by atoms with Crippen molar-refractivity contribution in [3.63, 3.8) is 0 Å². The van der Waals surface area contributed by atoms with Crippen molar-refractivity contribution in [3.8, 4) is 0 Å². The third kappa shape index (κ3) is 3.34. The molecule has 1 saturated heterocycles. The summed E-state index contributed by atoms with van der Waals surface area (Å²) in [6, 6.07) is 0.822. The standard InChI is InChI=1S/C16H31N3O/c1-4-13-7-9-19(11-13)14-6-5-8-16(10-14,15(17)20)18-12(2)3/h12-14,18H,4-11H2,1-3H3,(H2,17,20). The van der Waals surface area contributed by atoms with Gasteiger partial charge < -0.3 is 16.0 Å². The molecule has 20 heavy (non-hydrogen) atoms. The van der Waals surface area contributed by atoms with Crippen molar-refractivity contribution in [2.75, 3.05) is 13.1 Å². The Morgan fingerprint density at radius 1 is 1.45 bits per heavy atom. The first-order valence-corrected chi connectivity index (χ1v) is 8.28. The molecule has 3 unspecified atom stereocenters. The third-order valence-electron chi connectivity index (χ3n) is 5.17. The largest absolute Gasteiger partial charge is 0.368 e. The lowest BCUT2D eigenvalue weighted by molar-refractivity contribution is -0.127. The first-order chi connectivity index (χ1) is 9.47. The number of carbonyl (C=O) groups is 1. The fraction of sp³-hybridized carbons (Fsp3) is 0.938. The highest BCUT2D eigenvalue weighted by Crippen LogP contribution is 2.34. The first kappa shape index (κ1) is 15.8. The zero-order chi connectivity index (χ0) is 14.8. The van der Waals surface area contributed by atoms with Crippen molar-refractivity contribution in [2.45, 2.75) is 76.9 Å². The minimum atomic E-state index is -0.485. The molecule has 1 saturated carbocycles. The molecule has 4 heteroatoms. The van der Waals surface area contributed by atoms with Gasteiger partial charge in [0, 0.05) is 18.6 Å². The van der Waals surface area contributed by atoms with E-state index in [1.54, 1.807) is 0 Å². The van der Waals surface area contributed by atoms with E-state index in [0.717, 1.165) is 25.2 Å². The summed E-state index contributed by atoms with van der Waals surface area (Å²) in [7, 11) is 0. The predicted octanol–water partition coefficient (Wildman–Crippen LogP) is 1.88. The summed E-state index contributed by atoms with van der Waals surface area (Å²) in [5.41, 5.74) is 5.26. The van der Waals surface area contributed by atoms with Gasteiger partial charge in [0.1, 0.15) is 0 Å². The second-order valence-electron chi connectivity index (χ2n) is 7.05. The zero-order valence-corrected chi connectivity index (χ0v) is 13.3. The van der Waals surface area contributed by atoms with Gasteiger partial charge in [-0.3, -0.25) is 4.79 Å². The fourth-order valence-corrected chi connectivity index (χ4v) is 4.06. The van der Waals surface area contributed by atoms with Gasteiger partial charge in [-0.1, -0.05) is 13.3 Å². The number of primary amides is 1. The molecule has 1 heterocycles. The Labute approximate surface area is 123 Å². The number of hydrogen-bond donors (Lipinski definition) is 2. The van der Waals surface area contributed by atoms with Crippen molar-refractivity contribution in [3.05, 3.63) is 0 Å².